The number of nitrogens with one attached hydrogen (secondary N) is 1. The first-order valence-electron chi connectivity index (χ1n) is 9.33. The van der Waals surface area contributed by atoms with Gasteiger partial charge in [-0.2, -0.15) is 0 Å². The van der Waals surface area contributed by atoms with Gasteiger partial charge >= 0.3 is 0 Å². The van der Waals surface area contributed by atoms with Gasteiger partial charge in [-0.1, -0.05) is 18.6 Å². The lowest BCUT2D eigenvalue weighted by atomic mass is 9.64. The Hall–Kier alpha value is -3.21. The summed E-state index contributed by atoms with van der Waals surface area (Å²) in [6.07, 6.45) is 5.87. The molecule has 2 aromatic carbocycles. The number of benzene rings is 2. The average molecular weight is 376 g/mol. The number of amides is 1. The Morgan fingerprint density at radius 2 is 1.93 bits per heavy atom. The van der Waals surface area contributed by atoms with Crippen LogP contribution in [0.4, 0.5) is 10.1 Å². The molecule has 0 atom stereocenters. The van der Waals surface area contributed by atoms with Gasteiger partial charge in [0.25, 0.3) is 0 Å². The van der Waals surface area contributed by atoms with Crippen molar-refractivity contribution in [1.29, 1.82) is 0 Å². The van der Waals surface area contributed by atoms with Gasteiger partial charge in [0, 0.05) is 11.9 Å². The molecule has 3 aromatic rings. The number of halogens is 1. The predicted molar refractivity (Wildman–Crippen MR) is 106 cm³/mol. The third-order valence-corrected chi connectivity index (χ3v) is 5.33. The standard InChI is InChI=1S/C23H21FN2O2/c1-16-14-19(9-10-21(16)28-20-4-2-13-25-15-20)26-22(27)23(11-3-12-23)17-5-7-18(24)8-6-17/h2,4-10,13-15H,3,11-12H2,1H3,(H,26,27). The smallest absolute Gasteiger partial charge is 0.235 e. The normalized spacial score (nSPS) is 14.8. The van der Waals surface area contributed by atoms with Crippen molar-refractivity contribution in [2.45, 2.75) is 31.6 Å². The van der Waals surface area contributed by atoms with Crippen molar-refractivity contribution >= 4 is 11.6 Å². The first-order chi connectivity index (χ1) is 13.6. The van der Waals surface area contributed by atoms with Crippen molar-refractivity contribution in [1.82, 2.24) is 4.98 Å². The lowest BCUT2D eigenvalue weighted by molar-refractivity contribution is -0.124. The minimum Gasteiger partial charge on any atom is -0.455 e. The first kappa shape index (κ1) is 18.2. The molecule has 1 amide bonds. The van der Waals surface area contributed by atoms with E-state index in [0.717, 1.165) is 36.1 Å². The van der Waals surface area contributed by atoms with E-state index < -0.39 is 5.41 Å². The number of ether oxygens (including phenoxy) is 1. The summed E-state index contributed by atoms with van der Waals surface area (Å²) in [5, 5.41) is 3.03. The summed E-state index contributed by atoms with van der Waals surface area (Å²) in [6.45, 7) is 1.93. The Morgan fingerprint density at radius 1 is 1.14 bits per heavy atom. The molecule has 28 heavy (non-hydrogen) atoms. The zero-order valence-electron chi connectivity index (χ0n) is 15.6. The van der Waals surface area contributed by atoms with Crippen LogP contribution >= 0.6 is 0 Å². The SMILES string of the molecule is Cc1cc(NC(=O)C2(c3ccc(F)cc3)CCC2)ccc1Oc1cccnc1. The number of pyridine rings is 1. The van der Waals surface area contributed by atoms with E-state index in [-0.39, 0.29) is 11.7 Å². The largest absolute Gasteiger partial charge is 0.455 e. The quantitative estimate of drug-likeness (QED) is 0.650. The molecule has 4 rings (SSSR count). The minimum absolute atomic E-state index is 0.0503. The zero-order valence-corrected chi connectivity index (χ0v) is 15.6. The fraction of sp³-hybridized carbons (Fsp3) is 0.217. The molecule has 1 N–H and O–H groups in total. The van der Waals surface area contributed by atoms with E-state index in [2.05, 4.69) is 10.3 Å². The number of aromatic nitrogens is 1. The first-order valence-corrected chi connectivity index (χ1v) is 9.33. The van der Waals surface area contributed by atoms with Crippen molar-refractivity contribution in [2.75, 3.05) is 5.32 Å². The molecular weight excluding hydrogens is 355 g/mol. The second kappa shape index (κ2) is 7.43. The van der Waals surface area contributed by atoms with Gasteiger partial charge in [0.05, 0.1) is 11.6 Å². The summed E-state index contributed by atoms with van der Waals surface area (Å²) in [5.74, 6) is 1.03. The summed E-state index contributed by atoms with van der Waals surface area (Å²) in [5.41, 5.74) is 1.92. The van der Waals surface area contributed by atoms with Crippen LogP contribution in [0.3, 0.4) is 0 Å². The summed E-state index contributed by atoms with van der Waals surface area (Å²) >= 11 is 0. The number of carbonyl (C=O) groups is 1. The molecule has 1 aliphatic carbocycles. The Kier molecular flexibility index (Phi) is 4.82. The van der Waals surface area contributed by atoms with Gasteiger partial charge in [0.2, 0.25) is 5.91 Å². The van der Waals surface area contributed by atoms with E-state index in [1.165, 1.54) is 12.1 Å². The fourth-order valence-electron chi connectivity index (χ4n) is 3.57. The van der Waals surface area contributed by atoms with Crippen LogP contribution in [0.1, 0.15) is 30.4 Å². The molecule has 1 aliphatic rings. The lowest BCUT2D eigenvalue weighted by Crippen LogP contribution is -2.46. The molecule has 4 nitrogen and oxygen atoms in total. The van der Waals surface area contributed by atoms with Crippen LogP contribution in [-0.2, 0) is 10.2 Å². The van der Waals surface area contributed by atoms with Gasteiger partial charge in [-0.05, 0) is 73.4 Å². The number of hydrogen-bond acceptors (Lipinski definition) is 3. The molecule has 0 bridgehead atoms. The highest BCUT2D eigenvalue weighted by Gasteiger charge is 2.45. The predicted octanol–water partition coefficient (Wildman–Crippen LogP) is 5.38. The number of carbonyl (C=O) groups excluding carboxylic acids is 1. The van der Waals surface area contributed by atoms with Crippen molar-refractivity contribution < 1.29 is 13.9 Å². The zero-order chi connectivity index (χ0) is 19.6. The van der Waals surface area contributed by atoms with Gasteiger partial charge < -0.3 is 10.1 Å². The van der Waals surface area contributed by atoms with Crippen LogP contribution in [-0.4, -0.2) is 10.9 Å². The highest BCUT2D eigenvalue weighted by Crippen LogP contribution is 2.44. The van der Waals surface area contributed by atoms with E-state index in [0.29, 0.717) is 11.5 Å². The topological polar surface area (TPSA) is 51.2 Å². The Bertz CT molecular complexity index is 983. The van der Waals surface area contributed by atoms with Gasteiger partial charge in [0.1, 0.15) is 17.3 Å². The lowest BCUT2D eigenvalue weighted by Gasteiger charge is -2.40. The maximum Gasteiger partial charge on any atom is 0.235 e. The maximum absolute atomic E-state index is 13.3. The number of nitrogens with zero attached hydrogens (tertiary/aromatic N) is 1. The van der Waals surface area contributed by atoms with E-state index >= 15 is 0 Å². The second-order valence-electron chi connectivity index (χ2n) is 7.17. The third-order valence-electron chi connectivity index (χ3n) is 5.33. The van der Waals surface area contributed by atoms with E-state index in [9.17, 15) is 9.18 Å². The van der Waals surface area contributed by atoms with Gasteiger partial charge in [-0.25, -0.2) is 4.39 Å². The second-order valence-corrected chi connectivity index (χ2v) is 7.17. The van der Waals surface area contributed by atoms with Crippen LogP contribution in [0.2, 0.25) is 0 Å². The van der Waals surface area contributed by atoms with Crippen LogP contribution in [0.5, 0.6) is 11.5 Å². The van der Waals surface area contributed by atoms with E-state index in [4.69, 9.17) is 4.74 Å². The monoisotopic (exact) mass is 376 g/mol. The maximum atomic E-state index is 13.3. The summed E-state index contributed by atoms with van der Waals surface area (Å²) in [6, 6.07) is 15.5. The molecule has 1 heterocycles. The Balaban J connectivity index is 1.51. The highest BCUT2D eigenvalue weighted by atomic mass is 19.1. The van der Waals surface area contributed by atoms with E-state index in [1.807, 2.05) is 37.3 Å². The fourth-order valence-corrected chi connectivity index (χ4v) is 3.57. The summed E-state index contributed by atoms with van der Waals surface area (Å²) < 4.78 is 19.1. The Labute approximate surface area is 163 Å². The van der Waals surface area contributed by atoms with Gasteiger partial charge in [-0.3, -0.25) is 9.78 Å². The number of anilines is 1. The molecule has 1 saturated carbocycles. The van der Waals surface area contributed by atoms with Crippen LogP contribution in [0.15, 0.2) is 67.0 Å². The molecule has 5 heteroatoms. The highest BCUT2D eigenvalue weighted by molar-refractivity contribution is 6.00. The van der Waals surface area contributed by atoms with Crippen molar-refractivity contribution in [3.8, 4) is 11.5 Å². The molecule has 0 radical (unpaired) electrons. The van der Waals surface area contributed by atoms with E-state index in [1.54, 1.807) is 24.5 Å². The van der Waals surface area contributed by atoms with Crippen molar-refractivity contribution in [3.63, 3.8) is 0 Å². The Morgan fingerprint density at radius 3 is 2.54 bits per heavy atom. The van der Waals surface area contributed by atoms with Crippen LogP contribution in [0.25, 0.3) is 0 Å². The van der Waals surface area contributed by atoms with Crippen LogP contribution in [0, 0.1) is 12.7 Å². The van der Waals surface area contributed by atoms with Crippen LogP contribution < -0.4 is 10.1 Å². The molecule has 0 spiro atoms. The molecule has 0 saturated heterocycles. The molecule has 0 aliphatic heterocycles. The van der Waals surface area contributed by atoms with Gasteiger partial charge in [0.15, 0.2) is 0 Å². The molecule has 142 valence electrons. The van der Waals surface area contributed by atoms with Gasteiger partial charge in [-0.15, -0.1) is 0 Å². The number of aryl methyl sites for hydroxylation is 1. The molecule has 0 unspecified atom stereocenters. The molecular formula is C23H21FN2O2. The molecule has 1 aromatic heterocycles. The average Bonchev–Trinajstić information content (AvgIpc) is 2.65. The molecule has 1 fully saturated rings. The minimum atomic E-state index is -0.577. The van der Waals surface area contributed by atoms with Crippen molar-refractivity contribution in [2.24, 2.45) is 0 Å². The van der Waals surface area contributed by atoms with Crippen molar-refractivity contribution in [3.05, 3.63) is 83.9 Å². The summed E-state index contributed by atoms with van der Waals surface area (Å²) in [4.78, 5) is 17.1. The number of rotatable bonds is 5. The third kappa shape index (κ3) is 3.48. The summed E-state index contributed by atoms with van der Waals surface area (Å²) in [7, 11) is 0. The number of hydrogen-bond donors (Lipinski definition) is 1.